The Labute approximate surface area is 203 Å². The highest BCUT2D eigenvalue weighted by molar-refractivity contribution is 7.15. The summed E-state index contributed by atoms with van der Waals surface area (Å²) in [6, 6.07) is 9.13. The number of aromatic nitrogens is 1. The lowest BCUT2D eigenvalue weighted by Crippen LogP contribution is -2.49. The molecule has 1 aromatic carbocycles. The van der Waals surface area contributed by atoms with E-state index in [1.54, 1.807) is 29.4 Å². The molecule has 1 N–H and O–H groups in total. The van der Waals surface area contributed by atoms with Gasteiger partial charge < -0.3 is 15.0 Å². The van der Waals surface area contributed by atoms with E-state index in [4.69, 9.17) is 16.3 Å². The predicted molar refractivity (Wildman–Crippen MR) is 130 cm³/mol. The average molecular weight is 486 g/mol. The highest BCUT2D eigenvalue weighted by Crippen LogP contribution is 2.28. The number of halogens is 1. The molecule has 1 fully saturated rings. The molecule has 4 rings (SSSR count). The van der Waals surface area contributed by atoms with Crippen molar-refractivity contribution in [3.63, 3.8) is 0 Å². The molecule has 0 spiro atoms. The minimum Gasteiger partial charge on any atom is -0.465 e. The molecule has 1 aliphatic heterocycles. The Balaban J connectivity index is 1.58. The number of allylic oxidation sites excluding steroid dienone is 2. The summed E-state index contributed by atoms with van der Waals surface area (Å²) in [4.78, 5) is 33.8. The van der Waals surface area contributed by atoms with Crippen LogP contribution in [0.15, 0.2) is 61.0 Å². The highest BCUT2D eigenvalue weighted by atomic mass is 35.5. The molecule has 1 aliphatic carbocycles. The molecular formula is C25H28ClN3O3S. The molecule has 2 aromatic rings. The van der Waals surface area contributed by atoms with E-state index in [0.717, 1.165) is 17.7 Å². The molecule has 2 atom stereocenters. The van der Waals surface area contributed by atoms with E-state index in [9.17, 15) is 9.59 Å². The van der Waals surface area contributed by atoms with Gasteiger partial charge in [-0.05, 0) is 42.7 Å². The number of carbonyl (C=O) groups is 2. The summed E-state index contributed by atoms with van der Waals surface area (Å²) in [6.45, 7) is 0.641. The van der Waals surface area contributed by atoms with Crippen LogP contribution in [-0.4, -0.2) is 34.5 Å². The molecule has 6 nitrogen and oxygen atoms in total. The van der Waals surface area contributed by atoms with Gasteiger partial charge in [-0.2, -0.15) is 0 Å². The highest BCUT2D eigenvalue weighted by Gasteiger charge is 2.37. The Bertz CT molecular complexity index is 1000. The first-order valence-electron chi connectivity index (χ1n) is 11.3. The molecule has 1 saturated carbocycles. The number of hydrogen-bond acceptors (Lipinski definition) is 6. The number of dihydropyridines is 1. The first-order chi connectivity index (χ1) is 16.1. The Morgan fingerprint density at radius 3 is 2.64 bits per heavy atom. The number of hydrogen-bond donors (Lipinski definition) is 1. The zero-order valence-electron chi connectivity index (χ0n) is 18.4. The molecule has 33 heavy (non-hydrogen) atoms. The van der Waals surface area contributed by atoms with Crippen LogP contribution in [0.5, 0.6) is 0 Å². The van der Waals surface area contributed by atoms with Crippen LogP contribution in [0, 0.1) is 5.92 Å². The molecule has 2 aliphatic rings. The van der Waals surface area contributed by atoms with Crippen LogP contribution in [0.2, 0.25) is 4.47 Å². The monoisotopic (exact) mass is 485 g/mol. The third kappa shape index (κ3) is 6.24. The standard InChI is InChI=1S/C25H28ClN3O3S/c26-25-28-15-20(33-25)16-29(21-13-7-8-14-27-21)23(30)22(19-11-5-2-6-12-19)24(31)32-17-18-9-3-1-4-10-18/h2,5-8,11-15,18,21-22,27H,1,3-4,9-10,16-17H2. The number of rotatable bonds is 8. The smallest absolute Gasteiger partial charge is 0.323 e. The van der Waals surface area contributed by atoms with Crippen molar-refractivity contribution in [2.45, 2.75) is 50.7 Å². The SMILES string of the molecule is O=C(OCC1CCCCC1)C(C(=O)N(Cc1cnc(Cl)s1)C1C=CC=CN1)c1ccccc1. The number of amides is 1. The summed E-state index contributed by atoms with van der Waals surface area (Å²) in [7, 11) is 0. The second-order valence-corrected chi connectivity index (χ2v) is 10.1. The summed E-state index contributed by atoms with van der Waals surface area (Å²) < 4.78 is 6.15. The largest absolute Gasteiger partial charge is 0.465 e. The molecular weight excluding hydrogens is 458 g/mol. The van der Waals surface area contributed by atoms with Crippen LogP contribution in [0.25, 0.3) is 0 Å². The van der Waals surface area contributed by atoms with E-state index in [0.29, 0.717) is 22.6 Å². The van der Waals surface area contributed by atoms with Gasteiger partial charge in [0.1, 0.15) is 6.17 Å². The number of nitrogens with zero attached hydrogens (tertiary/aromatic N) is 2. The second-order valence-electron chi connectivity index (χ2n) is 8.38. The van der Waals surface area contributed by atoms with Gasteiger partial charge >= 0.3 is 5.97 Å². The zero-order chi connectivity index (χ0) is 23.0. The molecule has 1 amide bonds. The maximum absolute atomic E-state index is 13.9. The Hall–Kier alpha value is -2.64. The van der Waals surface area contributed by atoms with E-state index < -0.39 is 18.1 Å². The summed E-state index contributed by atoms with van der Waals surface area (Å²) in [5.74, 6) is -1.49. The molecule has 0 saturated heterocycles. The first kappa shape index (κ1) is 23.5. The number of benzene rings is 1. The molecule has 8 heteroatoms. The van der Waals surface area contributed by atoms with E-state index >= 15 is 0 Å². The lowest BCUT2D eigenvalue weighted by molar-refractivity contribution is -0.154. The zero-order valence-corrected chi connectivity index (χ0v) is 19.9. The maximum atomic E-state index is 13.9. The minimum absolute atomic E-state index is 0.276. The van der Waals surface area contributed by atoms with Crippen molar-refractivity contribution in [1.29, 1.82) is 0 Å². The van der Waals surface area contributed by atoms with Crippen molar-refractivity contribution < 1.29 is 14.3 Å². The van der Waals surface area contributed by atoms with E-state index in [1.807, 2.05) is 36.4 Å². The number of carbonyl (C=O) groups excluding carboxylic acids is 2. The van der Waals surface area contributed by atoms with Crippen LogP contribution in [-0.2, 0) is 20.9 Å². The van der Waals surface area contributed by atoms with Gasteiger partial charge in [0.25, 0.3) is 0 Å². The number of nitrogens with one attached hydrogen (secondary N) is 1. The van der Waals surface area contributed by atoms with Crippen molar-refractivity contribution >= 4 is 34.8 Å². The van der Waals surface area contributed by atoms with Gasteiger partial charge in [-0.25, -0.2) is 4.98 Å². The van der Waals surface area contributed by atoms with Crippen LogP contribution >= 0.6 is 22.9 Å². The fourth-order valence-electron chi connectivity index (χ4n) is 4.29. The lowest BCUT2D eigenvalue weighted by Gasteiger charge is -2.33. The van der Waals surface area contributed by atoms with Crippen molar-refractivity contribution in [3.8, 4) is 0 Å². The summed E-state index contributed by atoms with van der Waals surface area (Å²) in [5.41, 5.74) is 0.624. The lowest BCUT2D eigenvalue weighted by atomic mass is 9.90. The van der Waals surface area contributed by atoms with Crippen LogP contribution in [0.4, 0.5) is 0 Å². The fraction of sp³-hybridized carbons (Fsp3) is 0.400. The van der Waals surface area contributed by atoms with Crippen molar-refractivity contribution in [3.05, 3.63) is 75.9 Å². The third-order valence-corrected chi connectivity index (χ3v) is 7.14. The molecule has 1 aromatic heterocycles. The molecule has 2 heterocycles. The maximum Gasteiger partial charge on any atom is 0.323 e. The van der Waals surface area contributed by atoms with E-state index in [2.05, 4.69) is 10.3 Å². The van der Waals surface area contributed by atoms with E-state index in [-0.39, 0.29) is 12.5 Å². The van der Waals surface area contributed by atoms with Crippen LogP contribution < -0.4 is 5.32 Å². The number of thiazole rings is 1. The number of ether oxygens (including phenoxy) is 1. The molecule has 174 valence electrons. The fourth-order valence-corrected chi connectivity index (χ4v) is 5.27. The summed E-state index contributed by atoms with van der Waals surface area (Å²) in [5, 5.41) is 3.19. The van der Waals surface area contributed by atoms with E-state index in [1.165, 1.54) is 30.6 Å². The molecule has 0 radical (unpaired) electrons. The van der Waals surface area contributed by atoms with Gasteiger partial charge in [-0.15, -0.1) is 11.3 Å². The summed E-state index contributed by atoms with van der Waals surface area (Å²) in [6.07, 6.45) is 14.4. The topological polar surface area (TPSA) is 71.5 Å². The number of esters is 1. The van der Waals surface area contributed by atoms with Gasteiger partial charge in [-0.3, -0.25) is 9.59 Å². The molecule has 0 bridgehead atoms. The Morgan fingerprint density at radius 1 is 1.18 bits per heavy atom. The average Bonchev–Trinajstić information content (AvgIpc) is 3.28. The normalized spacial score (nSPS) is 19.0. The van der Waals surface area contributed by atoms with Crippen molar-refractivity contribution in [2.75, 3.05) is 6.61 Å². The van der Waals surface area contributed by atoms with Crippen LogP contribution in [0.3, 0.4) is 0 Å². The van der Waals surface area contributed by atoms with Gasteiger partial charge in [0.15, 0.2) is 10.4 Å². The van der Waals surface area contributed by atoms with Gasteiger partial charge in [0.05, 0.1) is 13.2 Å². The second kappa shape index (κ2) is 11.5. The Kier molecular flexibility index (Phi) is 8.18. The summed E-state index contributed by atoms with van der Waals surface area (Å²) >= 11 is 7.34. The van der Waals surface area contributed by atoms with Gasteiger partial charge in [0.2, 0.25) is 5.91 Å². The quantitative estimate of drug-likeness (QED) is 0.419. The minimum atomic E-state index is -1.04. The van der Waals surface area contributed by atoms with Crippen LogP contribution in [0.1, 0.15) is 48.5 Å². The first-order valence-corrected chi connectivity index (χ1v) is 12.5. The molecule has 2 unspecified atom stereocenters. The van der Waals surface area contributed by atoms with Gasteiger partial charge in [-0.1, -0.05) is 67.3 Å². The third-order valence-electron chi connectivity index (χ3n) is 6.04. The van der Waals surface area contributed by atoms with Gasteiger partial charge in [0, 0.05) is 11.1 Å². The van der Waals surface area contributed by atoms with Crippen molar-refractivity contribution in [1.82, 2.24) is 15.2 Å². The van der Waals surface area contributed by atoms with Crippen molar-refractivity contribution in [2.24, 2.45) is 5.92 Å². The Morgan fingerprint density at radius 2 is 1.97 bits per heavy atom. The predicted octanol–water partition coefficient (Wildman–Crippen LogP) is 5.03.